The zero-order chi connectivity index (χ0) is 13.2. The van der Waals surface area contributed by atoms with E-state index in [1.807, 2.05) is 30.3 Å². The largest absolute Gasteiger partial charge is 0.340 e. The number of fused-ring (bicyclic) bond motifs is 1. The summed E-state index contributed by atoms with van der Waals surface area (Å²) in [6.07, 6.45) is 1.60. The van der Waals surface area contributed by atoms with Gasteiger partial charge in [-0.15, -0.1) is 0 Å². The number of imidazole rings is 1. The zero-order valence-electron chi connectivity index (χ0n) is 10.3. The molecule has 0 unspecified atom stereocenters. The van der Waals surface area contributed by atoms with Crippen LogP contribution in [0, 0.1) is 0 Å². The third-order valence-corrected chi connectivity index (χ3v) is 3.05. The summed E-state index contributed by atoms with van der Waals surface area (Å²) >= 11 is 5.97. The number of para-hydroxylation sites is 1. The summed E-state index contributed by atoms with van der Waals surface area (Å²) in [5.74, 6) is 0.737. The summed E-state index contributed by atoms with van der Waals surface area (Å²) in [6.45, 7) is 2.83. The molecule has 1 aromatic carbocycles. The quantitative estimate of drug-likeness (QED) is 0.745. The second-order valence-electron chi connectivity index (χ2n) is 4.00. The van der Waals surface area contributed by atoms with E-state index in [4.69, 9.17) is 11.6 Å². The molecule has 0 saturated heterocycles. The monoisotopic (exact) mass is 273 g/mol. The van der Waals surface area contributed by atoms with Gasteiger partial charge in [-0.1, -0.05) is 18.2 Å². The van der Waals surface area contributed by atoms with Crippen LogP contribution in [0.4, 0.5) is 11.5 Å². The molecule has 3 aromatic rings. The Balaban J connectivity index is 2.19. The molecule has 3 rings (SSSR count). The van der Waals surface area contributed by atoms with Crippen molar-refractivity contribution < 1.29 is 0 Å². The molecule has 0 aliphatic rings. The summed E-state index contributed by atoms with van der Waals surface area (Å²) in [5, 5.41) is 0.198. The van der Waals surface area contributed by atoms with E-state index in [0.29, 0.717) is 5.65 Å². The number of aromatic nitrogens is 4. The van der Waals surface area contributed by atoms with Crippen LogP contribution in [0.5, 0.6) is 0 Å². The standard InChI is InChI=1S/C13H12ClN5/c1-2-19(9-6-4-3-5-7-9)12-10-11(16-8-15-10)17-13(14)18-12/h3-8H,2H2,1H3,(H,15,16,17,18). The number of hydrogen-bond donors (Lipinski definition) is 1. The predicted molar refractivity (Wildman–Crippen MR) is 75.8 cm³/mol. The fraction of sp³-hybridized carbons (Fsp3) is 0.154. The molecule has 2 aromatic heterocycles. The van der Waals surface area contributed by atoms with Crippen molar-refractivity contribution in [2.24, 2.45) is 0 Å². The summed E-state index contributed by atoms with van der Waals surface area (Å²) in [5.41, 5.74) is 2.41. The van der Waals surface area contributed by atoms with Crippen molar-refractivity contribution in [3.8, 4) is 0 Å². The van der Waals surface area contributed by atoms with Gasteiger partial charge in [0, 0.05) is 12.2 Å². The van der Waals surface area contributed by atoms with Gasteiger partial charge >= 0.3 is 0 Å². The van der Waals surface area contributed by atoms with E-state index >= 15 is 0 Å². The third kappa shape index (κ3) is 2.13. The number of anilines is 2. The smallest absolute Gasteiger partial charge is 0.226 e. The molecule has 0 aliphatic heterocycles. The van der Waals surface area contributed by atoms with Gasteiger partial charge in [0.25, 0.3) is 0 Å². The van der Waals surface area contributed by atoms with E-state index in [0.717, 1.165) is 23.6 Å². The van der Waals surface area contributed by atoms with Crippen LogP contribution in [-0.4, -0.2) is 26.5 Å². The van der Waals surface area contributed by atoms with E-state index < -0.39 is 0 Å². The molecule has 0 radical (unpaired) electrons. The number of hydrogen-bond acceptors (Lipinski definition) is 4. The fourth-order valence-corrected chi connectivity index (χ4v) is 2.21. The minimum atomic E-state index is 0.198. The first-order valence-corrected chi connectivity index (χ1v) is 6.36. The van der Waals surface area contributed by atoms with E-state index in [9.17, 15) is 0 Å². The molecule has 0 fully saturated rings. The van der Waals surface area contributed by atoms with Crippen LogP contribution < -0.4 is 4.90 Å². The van der Waals surface area contributed by atoms with Gasteiger partial charge < -0.3 is 9.88 Å². The van der Waals surface area contributed by atoms with Crippen molar-refractivity contribution >= 4 is 34.3 Å². The number of rotatable bonds is 3. The number of H-pyrrole nitrogens is 1. The average Bonchev–Trinajstić information content (AvgIpc) is 2.89. The lowest BCUT2D eigenvalue weighted by Crippen LogP contribution is -2.18. The second-order valence-corrected chi connectivity index (χ2v) is 4.34. The van der Waals surface area contributed by atoms with Gasteiger partial charge in [0.1, 0.15) is 5.52 Å². The highest BCUT2D eigenvalue weighted by Crippen LogP contribution is 2.28. The number of nitrogens with zero attached hydrogens (tertiary/aromatic N) is 4. The van der Waals surface area contributed by atoms with E-state index in [1.165, 1.54) is 0 Å². The first-order chi connectivity index (χ1) is 9.29. The van der Waals surface area contributed by atoms with Crippen LogP contribution in [0.15, 0.2) is 36.7 Å². The number of benzene rings is 1. The van der Waals surface area contributed by atoms with Gasteiger partial charge in [-0.25, -0.2) is 4.98 Å². The first-order valence-electron chi connectivity index (χ1n) is 5.99. The molecule has 0 amide bonds. The van der Waals surface area contributed by atoms with Crippen LogP contribution >= 0.6 is 11.6 Å². The van der Waals surface area contributed by atoms with Crippen LogP contribution in [0.3, 0.4) is 0 Å². The number of nitrogens with one attached hydrogen (secondary N) is 1. The Morgan fingerprint density at radius 2 is 2.00 bits per heavy atom. The van der Waals surface area contributed by atoms with Crippen molar-refractivity contribution in [1.29, 1.82) is 0 Å². The molecule has 6 heteroatoms. The SMILES string of the molecule is CCN(c1ccccc1)c1nc(Cl)nc2nc[nH]c12. The van der Waals surface area contributed by atoms with Crippen molar-refractivity contribution in [2.75, 3.05) is 11.4 Å². The lowest BCUT2D eigenvalue weighted by atomic mass is 10.3. The van der Waals surface area contributed by atoms with Crippen molar-refractivity contribution in [2.45, 2.75) is 6.92 Å². The highest BCUT2D eigenvalue weighted by Gasteiger charge is 2.15. The summed E-state index contributed by atoms with van der Waals surface area (Å²) < 4.78 is 0. The molecule has 1 N–H and O–H groups in total. The Morgan fingerprint density at radius 3 is 2.74 bits per heavy atom. The first kappa shape index (κ1) is 11.9. The molecule has 0 aliphatic carbocycles. The Labute approximate surface area is 115 Å². The minimum Gasteiger partial charge on any atom is -0.340 e. The van der Waals surface area contributed by atoms with Crippen LogP contribution in [0.2, 0.25) is 5.28 Å². The number of halogens is 1. The highest BCUT2D eigenvalue weighted by atomic mass is 35.5. The average molecular weight is 274 g/mol. The maximum Gasteiger partial charge on any atom is 0.226 e. The second kappa shape index (κ2) is 4.85. The van der Waals surface area contributed by atoms with Crippen LogP contribution in [0.1, 0.15) is 6.92 Å². The summed E-state index contributed by atoms with van der Waals surface area (Å²) in [7, 11) is 0. The molecule has 0 bridgehead atoms. The Hall–Kier alpha value is -2.14. The molecule has 0 saturated carbocycles. The van der Waals surface area contributed by atoms with E-state index in [-0.39, 0.29) is 5.28 Å². The molecule has 0 spiro atoms. The summed E-state index contributed by atoms with van der Waals surface area (Å²) in [6, 6.07) is 10.0. The van der Waals surface area contributed by atoms with Gasteiger partial charge in [0.2, 0.25) is 5.28 Å². The van der Waals surface area contributed by atoms with Crippen molar-refractivity contribution in [3.63, 3.8) is 0 Å². The maximum absolute atomic E-state index is 5.97. The number of aromatic amines is 1. The molecular formula is C13H12ClN5. The van der Waals surface area contributed by atoms with Gasteiger partial charge in [0.05, 0.1) is 6.33 Å². The van der Waals surface area contributed by atoms with Gasteiger partial charge in [0.15, 0.2) is 11.5 Å². The molecule has 19 heavy (non-hydrogen) atoms. The minimum absolute atomic E-state index is 0.198. The third-order valence-electron chi connectivity index (χ3n) is 2.88. The van der Waals surface area contributed by atoms with E-state index in [1.54, 1.807) is 6.33 Å². The van der Waals surface area contributed by atoms with Crippen molar-refractivity contribution in [3.05, 3.63) is 41.9 Å². The van der Waals surface area contributed by atoms with Gasteiger partial charge in [-0.3, -0.25) is 0 Å². The van der Waals surface area contributed by atoms with Gasteiger partial charge in [-0.2, -0.15) is 9.97 Å². The zero-order valence-corrected chi connectivity index (χ0v) is 11.1. The normalized spacial score (nSPS) is 10.8. The maximum atomic E-state index is 5.97. The van der Waals surface area contributed by atoms with Crippen LogP contribution in [0.25, 0.3) is 11.2 Å². The lowest BCUT2D eigenvalue weighted by molar-refractivity contribution is 0.987. The Bertz CT molecular complexity index is 695. The highest BCUT2D eigenvalue weighted by molar-refractivity contribution is 6.28. The topological polar surface area (TPSA) is 57.7 Å². The summed E-state index contributed by atoms with van der Waals surface area (Å²) in [4.78, 5) is 17.7. The van der Waals surface area contributed by atoms with E-state index in [2.05, 4.69) is 31.8 Å². The van der Waals surface area contributed by atoms with Gasteiger partial charge in [-0.05, 0) is 30.7 Å². The Morgan fingerprint density at radius 1 is 1.21 bits per heavy atom. The Kier molecular flexibility index (Phi) is 3.05. The molecular weight excluding hydrogens is 262 g/mol. The fourth-order valence-electron chi connectivity index (χ4n) is 2.05. The molecule has 2 heterocycles. The predicted octanol–water partition coefficient (Wildman–Crippen LogP) is 3.16. The lowest BCUT2D eigenvalue weighted by Gasteiger charge is -2.22. The molecule has 96 valence electrons. The molecule has 0 atom stereocenters. The van der Waals surface area contributed by atoms with Crippen LogP contribution in [-0.2, 0) is 0 Å². The van der Waals surface area contributed by atoms with Crippen molar-refractivity contribution in [1.82, 2.24) is 19.9 Å². The molecule has 5 nitrogen and oxygen atoms in total.